The molecule has 2 aromatic rings. The zero-order valence-corrected chi connectivity index (χ0v) is 11.8. The van der Waals surface area contributed by atoms with Crippen LogP contribution in [0, 0.1) is 11.6 Å². The monoisotopic (exact) mass is 306 g/mol. The van der Waals surface area contributed by atoms with Crippen molar-refractivity contribution in [1.29, 1.82) is 0 Å². The minimum Gasteiger partial charge on any atom is -0.481 e. The van der Waals surface area contributed by atoms with E-state index in [0.29, 0.717) is 17.1 Å². The topological polar surface area (TPSA) is 26.3 Å². The van der Waals surface area contributed by atoms with E-state index >= 15 is 0 Å². The summed E-state index contributed by atoms with van der Waals surface area (Å²) in [6.07, 6.45) is -0.626. The van der Waals surface area contributed by atoms with Crippen molar-refractivity contribution < 1.29 is 18.3 Å². The highest BCUT2D eigenvalue weighted by molar-refractivity contribution is 7.99. The average molecular weight is 306 g/mol. The van der Waals surface area contributed by atoms with Crippen LogP contribution in [0.5, 0.6) is 5.75 Å². The number of thioether (sulfide) groups is 1. The van der Waals surface area contributed by atoms with Crippen LogP contribution in [0.25, 0.3) is 0 Å². The minimum absolute atomic E-state index is 0.0396. The van der Waals surface area contributed by atoms with Crippen molar-refractivity contribution in [3.8, 4) is 5.75 Å². The molecule has 0 fully saturated rings. The molecule has 5 heteroatoms. The quantitative estimate of drug-likeness (QED) is 0.866. The molecule has 1 aliphatic heterocycles. The molecule has 2 aromatic carbocycles. The van der Waals surface area contributed by atoms with Crippen molar-refractivity contribution >= 4 is 17.5 Å². The summed E-state index contributed by atoms with van der Waals surface area (Å²) in [6, 6.07) is 10.6. The van der Waals surface area contributed by atoms with Crippen LogP contribution in [0.2, 0.25) is 0 Å². The van der Waals surface area contributed by atoms with Gasteiger partial charge in [0.25, 0.3) is 0 Å². The van der Waals surface area contributed by atoms with Gasteiger partial charge < -0.3 is 4.74 Å². The van der Waals surface area contributed by atoms with Crippen LogP contribution in [0.15, 0.2) is 47.4 Å². The number of benzene rings is 2. The van der Waals surface area contributed by atoms with Crippen molar-refractivity contribution in [2.75, 3.05) is 5.75 Å². The number of rotatable bonds is 3. The van der Waals surface area contributed by atoms with Gasteiger partial charge in [-0.3, -0.25) is 4.79 Å². The summed E-state index contributed by atoms with van der Waals surface area (Å²) in [5.74, 6) is -0.350. The normalized spacial score (nSPS) is 17.0. The van der Waals surface area contributed by atoms with Crippen molar-refractivity contribution in [3.05, 3.63) is 59.7 Å². The van der Waals surface area contributed by atoms with Crippen molar-refractivity contribution in [1.82, 2.24) is 0 Å². The van der Waals surface area contributed by atoms with Crippen LogP contribution in [-0.2, 0) is 11.2 Å². The summed E-state index contributed by atoms with van der Waals surface area (Å²) in [5, 5.41) is 0. The Morgan fingerprint density at radius 1 is 1.19 bits per heavy atom. The second-order valence-corrected chi connectivity index (χ2v) is 5.85. The third-order valence-electron chi connectivity index (χ3n) is 3.17. The molecule has 0 N–H and O–H groups in total. The maximum Gasteiger partial charge on any atom is 0.178 e. The predicted octanol–water partition coefficient (Wildman–Crippen LogP) is 3.63. The Kier molecular flexibility index (Phi) is 3.92. The Bertz CT molecular complexity index is 667. The zero-order valence-electron chi connectivity index (χ0n) is 11.0. The number of para-hydroxylation sites is 1. The van der Waals surface area contributed by atoms with Gasteiger partial charge in [0.15, 0.2) is 11.9 Å². The van der Waals surface area contributed by atoms with Crippen molar-refractivity contribution in [3.63, 3.8) is 0 Å². The third-order valence-corrected chi connectivity index (χ3v) is 4.29. The number of fused-ring (bicyclic) bond motifs is 1. The van der Waals surface area contributed by atoms with E-state index in [0.717, 1.165) is 11.0 Å². The van der Waals surface area contributed by atoms with E-state index in [1.54, 1.807) is 11.8 Å². The van der Waals surface area contributed by atoms with Gasteiger partial charge >= 0.3 is 0 Å². The average Bonchev–Trinajstić information content (AvgIpc) is 2.45. The van der Waals surface area contributed by atoms with Crippen LogP contribution < -0.4 is 4.74 Å². The van der Waals surface area contributed by atoms with E-state index in [4.69, 9.17) is 4.74 Å². The van der Waals surface area contributed by atoms with Crippen molar-refractivity contribution in [2.45, 2.75) is 17.4 Å². The molecule has 0 spiro atoms. The van der Waals surface area contributed by atoms with Crippen LogP contribution in [0.3, 0.4) is 0 Å². The summed E-state index contributed by atoms with van der Waals surface area (Å²) in [7, 11) is 0. The first kappa shape index (κ1) is 14.1. The molecule has 0 saturated heterocycles. The Morgan fingerprint density at radius 2 is 1.90 bits per heavy atom. The van der Waals surface area contributed by atoms with Gasteiger partial charge in [0.1, 0.15) is 17.4 Å². The number of Topliss-reactive ketones (excluding diaryl/α,β-unsaturated/α-hetero) is 1. The smallest absolute Gasteiger partial charge is 0.178 e. The van der Waals surface area contributed by atoms with E-state index in [1.165, 1.54) is 12.1 Å². The number of carbonyl (C=O) groups is 1. The Morgan fingerprint density at radius 3 is 2.67 bits per heavy atom. The Hall–Kier alpha value is -1.88. The van der Waals surface area contributed by atoms with Crippen molar-refractivity contribution in [2.24, 2.45) is 0 Å². The molecule has 1 unspecified atom stereocenters. The van der Waals surface area contributed by atoms with Gasteiger partial charge in [-0.05, 0) is 29.8 Å². The van der Waals surface area contributed by atoms with E-state index in [2.05, 4.69) is 0 Å². The molecular formula is C16H12F2O2S. The van der Waals surface area contributed by atoms with Gasteiger partial charge in [0.2, 0.25) is 0 Å². The maximum absolute atomic E-state index is 13.1. The first-order chi connectivity index (χ1) is 10.1. The molecule has 108 valence electrons. The molecule has 2 nitrogen and oxygen atoms in total. The fourth-order valence-electron chi connectivity index (χ4n) is 2.21. The molecule has 0 amide bonds. The van der Waals surface area contributed by atoms with E-state index in [-0.39, 0.29) is 12.2 Å². The summed E-state index contributed by atoms with van der Waals surface area (Å²) >= 11 is 1.55. The van der Waals surface area contributed by atoms with Gasteiger partial charge in [-0.1, -0.05) is 12.1 Å². The summed E-state index contributed by atoms with van der Waals surface area (Å²) < 4.78 is 31.9. The summed E-state index contributed by atoms with van der Waals surface area (Å²) in [6.45, 7) is 0. The Labute approximate surface area is 125 Å². The van der Waals surface area contributed by atoms with Crippen LogP contribution in [0.1, 0.15) is 5.56 Å². The lowest BCUT2D eigenvalue weighted by Crippen LogP contribution is -2.33. The van der Waals surface area contributed by atoms with Gasteiger partial charge in [0.05, 0.1) is 0 Å². The maximum atomic E-state index is 13.1. The van der Waals surface area contributed by atoms with E-state index in [9.17, 15) is 13.6 Å². The Balaban J connectivity index is 1.72. The van der Waals surface area contributed by atoms with Gasteiger partial charge in [-0.25, -0.2) is 8.78 Å². The lowest BCUT2D eigenvalue weighted by atomic mass is 10.1. The van der Waals surface area contributed by atoms with Gasteiger partial charge in [0, 0.05) is 23.1 Å². The second kappa shape index (κ2) is 5.85. The lowest BCUT2D eigenvalue weighted by Gasteiger charge is -2.24. The molecule has 1 heterocycles. The number of hydrogen-bond acceptors (Lipinski definition) is 3. The van der Waals surface area contributed by atoms with E-state index < -0.39 is 17.7 Å². The van der Waals surface area contributed by atoms with Gasteiger partial charge in [-0.2, -0.15) is 0 Å². The fraction of sp³-hybridized carbons (Fsp3) is 0.188. The predicted molar refractivity (Wildman–Crippen MR) is 76.7 cm³/mol. The highest BCUT2D eigenvalue weighted by atomic mass is 32.2. The molecule has 3 rings (SSSR count). The zero-order chi connectivity index (χ0) is 14.8. The number of hydrogen-bond donors (Lipinski definition) is 0. The summed E-state index contributed by atoms with van der Waals surface area (Å²) in [5.41, 5.74) is 0.324. The third kappa shape index (κ3) is 3.24. The SMILES string of the molecule is O=C(Cc1cc(F)cc(F)c1)C1CSc2ccccc2O1. The first-order valence-electron chi connectivity index (χ1n) is 6.48. The summed E-state index contributed by atoms with van der Waals surface area (Å²) in [4.78, 5) is 13.2. The molecule has 0 radical (unpaired) electrons. The van der Waals surface area contributed by atoms with Crippen LogP contribution in [0.4, 0.5) is 8.78 Å². The number of ether oxygens (including phenoxy) is 1. The van der Waals surface area contributed by atoms with Crippen LogP contribution >= 0.6 is 11.8 Å². The molecule has 0 bridgehead atoms. The molecule has 1 aliphatic rings. The molecule has 0 aromatic heterocycles. The molecule has 21 heavy (non-hydrogen) atoms. The number of carbonyl (C=O) groups excluding carboxylic acids is 1. The van der Waals surface area contributed by atoms with Crippen LogP contribution in [-0.4, -0.2) is 17.6 Å². The fourth-order valence-corrected chi connectivity index (χ4v) is 3.22. The van der Waals surface area contributed by atoms with Gasteiger partial charge in [-0.15, -0.1) is 11.8 Å². The van der Waals surface area contributed by atoms with E-state index in [1.807, 2.05) is 24.3 Å². The largest absolute Gasteiger partial charge is 0.481 e. The standard InChI is InChI=1S/C16H12F2O2S/c17-11-5-10(6-12(18)8-11)7-13(19)15-9-21-16-4-2-1-3-14(16)20-15/h1-6,8,15H,7,9H2. The minimum atomic E-state index is -0.679. The first-order valence-corrected chi connectivity index (χ1v) is 7.46. The highest BCUT2D eigenvalue weighted by Crippen LogP contribution is 2.35. The molecular weight excluding hydrogens is 294 g/mol. The highest BCUT2D eigenvalue weighted by Gasteiger charge is 2.26. The molecule has 0 aliphatic carbocycles. The number of ketones is 1. The second-order valence-electron chi connectivity index (χ2n) is 4.79. The lowest BCUT2D eigenvalue weighted by molar-refractivity contribution is -0.124. The molecule has 0 saturated carbocycles. The molecule has 1 atom stereocenters. The number of halogens is 2.